The van der Waals surface area contributed by atoms with E-state index >= 15 is 0 Å². The van der Waals surface area contributed by atoms with Crippen molar-refractivity contribution >= 4 is 5.69 Å². The second kappa shape index (κ2) is 7.47. The Kier molecular flexibility index (Phi) is 5.37. The third-order valence-electron chi connectivity index (χ3n) is 5.40. The standard InChI is InChI=1S/C19H30N2O/c1-2-19(22)15-20-11-13-21(14-12-20)18-9-7-17(8-10-18)16-5-3-4-6-16/h7-10,16,19,22H,2-6,11-15H2,1H3/t19-/m0/s1. The van der Waals surface area contributed by atoms with Gasteiger partial charge in [0.05, 0.1) is 6.10 Å². The van der Waals surface area contributed by atoms with E-state index in [1.54, 1.807) is 0 Å². The molecule has 1 aromatic carbocycles. The van der Waals surface area contributed by atoms with Crippen molar-refractivity contribution in [1.82, 2.24) is 4.90 Å². The Bertz CT molecular complexity index is 445. The highest BCUT2D eigenvalue weighted by Crippen LogP contribution is 2.34. The normalized spacial score (nSPS) is 22.2. The Morgan fingerprint density at radius 3 is 2.27 bits per heavy atom. The van der Waals surface area contributed by atoms with Gasteiger partial charge in [-0.1, -0.05) is 31.9 Å². The zero-order chi connectivity index (χ0) is 15.4. The number of nitrogens with zero attached hydrogens (tertiary/aromatic N) is 2. The van der Waals surface area contributed by atoms with E-state index in [2.05, 4.69) is 34.1 Å². The van der Waals surface area contributed by atoms with Crippen LogP contribution in [0.5, 0.6) is 0 Å². The van der Waals surface area contributed by atoms with E-state index in [1.165, 1.54) is 36.9 Å². The lowest BCUT2D eigenvalue weighted by atomic mass is 9.97. The molecule has 1 heterocycles. The van der Waals surface area contributed by atoms with Gasteiger partial charge in [-0.15, -0.1) is 0 Å². The maximum atomic E-state index is 9.77. The van der Waals surface area contributed by atoms with Gasteiger partial charge in [-0.05, 0) is 42.9 Å². The van der Waals surface area contributed by atoms with Gasteiger partial charge >= 0.3 is 0 Å². The molecule has 0 bridgehead atoms. The van der Waals surface area contributed by atoms with Crippen LogP contribution in [0.1, 0.15) is 50.5 Å². The van der Waals surface area contributed by atoms with Crippen molar-refractivity contribution in [1.29, 1.82) is 0 Å². The Balaban J connectivity index is 1.52. The van der Waals surface area contributed by atoms with Gasteiger partial charge in [0.2, 0.25) is 0 Å². The van der Waals surface area contributed by atoms with Crippen molar-refractivity contribution in [3.8, 4) is 0 Å². The van der Waals surface area contributed by atoms with Gasteiger partial charge in [0.1, 0.15) is 0 Å². The lowest BCUT2D eigenvalue weighted by Crippen LogP contribution is -2.48. The second-order valence-electron chi connectivity index (χ2n) is 6.92. The predicted molar refractivity (Wildman–Crippen MR) is 92.6 cm³/mol. The maximum absolute atomic E-state index is 9.77. The van der Waals surface area contributed by atoms with Crippen LogP contribution in [0.15, 0.2) is 24.3 Å². The van der Waals surface area contributed by atoms with E-state index in [0.29, 0.717) is 0 Å². The summed E-state index contributed by atoms with van der Waals surface area (Å²) in [6.45, 7) is 7.12. The summed E-state index contributed by atoms with van der Waals surface area (Å²) in [5.74, 6) is 0.807. The maximum Gasteiger partial charge on any atom is 0.0664 e. The number of aliphatic hydroxyl groups is 1. The molecule has 122 valence electrons. The van der Waals surface area contributed by atoms with Crippen LogP contribution in [0.25, 0.3) is 0 Å². The molecule has 2 fully saturated rings. The molecular weight excluding hydrogens is 272 g/mol. The van der Waals surface area contributed by atoms with E-state index in [0.717, 1.165) is 45.1 Å². The largest absolute Gasteiger partial charge is 0.392 e. The molecule has 0 amide bonds. The molecule has 3 heteroatoms. The van der Waals surface area contributed by atoms with Crippen LogP contribution in [-0.4, -0.2) is 48.8 Å². The Morgan fingerprint density at radius 2 is 1.68 bits per heavy atom. The Hall–Kier alpha value is -1.06. The molecule has 1 aliphatic heterocycles. The molecule has 1 aliphatic carbocycles. The minimum Gasteiger partial charge on any atom is -0.392 e. The first kappa shape index (κ1) is 15.8. The number of hydrogen-bond donors (Lipinski definition) is 1. The minimum absolute atomic E-state index is 0.169. The second-order valence-corrected chi connectivity index (χ2v) is 6.92. The molecule has 1 N–H and O–H groups in total. The quantitative estimate of drug-likeness (QED) is 0.904. The zero-order valence-electron chi connectivity index (χ0n) is 13.9. The van der Waals surface area contributed by atoms with Gasteiger partial charge in [-0.3, -0.25) is 4.90 Å². The van der Waals surface area contributed by atoms with Gasteiger partial charge in [-0.2, -0.15) is 0 Å². The van der Waals surface area contributed by atoms with Crippen LogP contribution in [0, 0.1) is 0 Å². The summed E-state index contributed by atoms with van der Waals surface area (Å²) in [4.78, 5) is 4.87. The van der Waals surface area contributed by atoms with Gasteiger partial charge in [0.25, 0.3) is 0 Å². The molecule has 3 nitrogen and oxygen atoms in total. The van der Waals surface area contributed by atoms with E-state index in [1.807, 2.05) is 6.92 Å². The fraction of sp³-hybridized carbons (Fsp3) is 0.684. The number of benzene rings is 1. The Morgan fingerprint density at radius 1 is 1.05 bits per heavy atom. The van der Waals surface area contributed by atoms with Gasteiger partial charge in [0.15, 0.2) is 0 Å². The first-order chi connectivity index (χ1) is 10.8. The summed E-state index contributed by atoms with van der Waals surface area (Å²) in [6.07, 6.45) is 6.23. The molecule has 22 heavy (non-hydrogen) atoms. The van der Waals surface area contributed by atoms with E-state index < -0.39 is 0 Å². The lowest BCUT2D eigenvalue weighted by molar-refractivity contribution is 0.106. The first-order valence-corrected chi connectivity index (χ1v) is 9.01. The molecular formula is C19H30N2O. The molecule has 0 spiro atoms. The summed E-state index contributed by atoms with van der Waals surface area (Å²) >= 11 is 0. The molecule has 1 saturated heterocycles. The minimum atomic E-state index is -0.169. The summed E-state index contributed by atoms with van der Waals surface area (Å²) in [7, 11) is 0. The molecule has 0 unspecified atom stereocenters. The molecule has 2 aliphatic rings. The van der Waals surface area contributed by atoms with E-state index in [4.69, 9.17) is 0 Å². The SMILES string of the molecule is CC[C@H](O)CN1CCN(c2ccc(C3CCCC3)cc2)CC1. The van der Waals surface area contributed by atoms with Crippen LogP contribution >= 0.6 is 0 Å². The van der Waals surface area contributed by atoms with Crippen LogP contribution < -0.4 is 4.90 Å². The smallest absolute Gasteiger partial charge is 0.0664 e. The molecule has 0 radical (unpaired) electrons. The monoisotopic (exact) mass is 302 g/mol. The van der Waals surface area contributed by atoms with Crippen LogP contribution in [0.4, 0.5) is 5.69 Å². The van der Waals surface area contributed by atoms with Crippen molar-refractivity contribution in [3.05, 3.63) is 29.8 Å². The van der Waals surface area contributed by atoms with Crippen LogP contribution in [-0.2, 0) is 0 Å². The molecule has 1 saturated carbocycles. The van der Waals surface area contributed by atoms with Crippen LogP contribution in [0.2, 0.25) is 0 Å². The third-order valence-corrected chi connectivity index (χ3v) is 5.40. The van der Waals surface area contributed by atoms with Gasteiger partial charge in [0, 0.05) is 38.4 Å². The summed E-state index contributed by atoms with van der Waals surface area (Å²) in [5.41, 5.74) is 2.89. The number of rotatable bonds is 5. The summed E-state index contributed by atoms with van der Waals surface area (Å²) in [5, 5.41) is 9.77. The average molecular weight is 302 g/mol. The van der Waals surface area contributed by atoms with Crippen molar-refractivity contribution in [3.63, 3.8) is 0 Å². The van der Waals surface area contributed by atoms with Crippen LogP contribution in [0.3, 0.4) is 0 Å². The average Bonchev–Trinajstić information content (AvgIpc) is 3.10. The lowest BCUT2D eigenvalue weighted by Gasteiger charge is -2.37. The summed E-state index contributed by atoms with van der Waals surface area (Å²) in [6, 6.07) is 9.31. The van der Waals surface area contributed by atoms with E-state index in [-0.39, 0.29) is 6.10 Å². The van der Waals surface area contributed by atoms with Crippen molar-refractivity contribution in [2.24, 2.45) is 0 Å². The zero-order valence-corrected chi connectivity index (χ0v) is 13.9. The molecule has 0 aromatic heterocycles. The van der Waals surface area contributed by atoms with Gasteiger partial charge in [-0.25, -0.2) is 0 Å². The predicted octanol–water partition coefficient (Wildman–Crippen LogP) is 3.24. The third kappa shape index (κ3) is 3.82. The molecule has 1 aromatic rings. The van der Waals surface area contributed by atoms with E-state index in [9.17, 15) is 5.11 Å². The van der Waals surface area contributed by atoms with Crippen molar-refractivity contribution < 1.29 is 5.11 Å². The highest BCUT2D eigenvalue weighted by Gasteiger charge is 2.20. The number of β-amino-alcohol motifs (C(OH)–C–C–N with tert-alkyl or cyclic N) is 1. The highest BCUT2D eigenvalue weighted by atomic mass is 16.3. The highest BCUT2D eigenvalue weighted by molar-refractivity contribution is 5.48. The fourth-order valence-corrected chi connectivity index (χ4v) is 3.83. The number of aliphatic hydroxyl groups excluding tert-OH is 1. The number of anilines is 1. The molecule has 1 atom stereocenters. The Labute approximate surface area is 134 Å². The van der Waals surface area contributed by atoms with Crippen molar-refractivity contribution in [2.45, 2.75) is 51.0 Å². The topological polar surface area (TPSA) is 26.7 Å². The first-order valence-electron chi connectivity index (χ1n) is 9.01. The molecule has 3 rings (SSSR count). The van der Waals surface area contributed by atoms with Gasteiger partial charge < -0.3 is 10.0 Å². The number of hydrogen-bond acceptors (Lipinski definition) is 3. The number of piperazine rings is 1. The van der Waals surface area contributed by atoms with Crippen molar-refractivity contribution in [2.75, 3.05) is 37.6 Å². The summed E-state index contributed by atoms with van der Waals surface area (Å²) < 4.78 is 0. The fourth-order valence-electron chi connectivity index (χ4n) is 3.83.